The van der Waals surface area contributed by atoms with Gasteiger partial charge in [0.2, 0.25) is 5.91 Å². The Hall–Kier alpha value is -1.50. The van der Waals surface area contributed by atoms with E-state index in [4.69, 9.17) is 0 Å². The second-order valence-electron chi connectivity index (χ2n) is 6.55. The van der Waals surface area contributed by atoms with Crippen LogP contribution in [0, 0.1) is 5.92 Å². The number of aromatic nitrogens is 4. The van der Waals surface area contributed by atoms with Crippen molar-refractivity contribution in [1.82, 2.24) is 30.0 Å². The second kappa shape index (κ2) is 7.67. The zero-order valence-corrected chi connectivity index (χ0v) is 13.2. The molecule has 0 unspecified atom stereocenters. The van der Waals surface area contributed by atoms with Gasteiger partial charge in [-0.15, -0.1) is 5.10 Å². The molecule has 1 aliphatic carbocycles. The topological polar surface area (TPSA) is 67.2 Å². The van der Waals surface area contributed by atoms with Crippen molar-refractivity contribution in [2.45, 2.75) is 45.1 Å². The standard InChI is InChI=1S/C15H26N6O/c22-15(12-21-13-16-17-18-21)20-8-4-7-19(9-10-20)11-14-5-2-1-3-6-14/h13-14H,1-12H2. The van der Waals surface area contributed by atoms with Gasteiger partial charge in [-0.1, -0.05) is 19.3 Å². The summed E-state index contributed by atoms with van der Waals surface area (Å²) in [6.07, 6.45) is 9.54. The van der Waals surface area contributed by atoms with Gasteiger partial charge in [0, 0.05) is 26.2 Å². The van der Waals surface area contributed by atoms with Crippen molar-refractivity contribution in [3.63, 3.8) is 0 Å². The van der Waals surface area contributed by atoms with E-state index in [1.54, 1.807) is 0 Å². The zero-order chi connectivity index (χ0) is 15.2. The van der Waals surface area contributed by atoms with E-state index in [1.165, 1.54) is 49.7 Å². The molecule has 1 aromatic rings. The highest BCUT2D eigenvalue weighted by Crippen LogP contribution is 2.24. The van der Waals surface area contributed by atoms with E-state index in [2.05, 4.69) is 20.4 Å². The first-order valence-corrected chi connectivity index (χ1v) is 8.52. The number of rotatable bonds is 4. The summed E-state index contributed by atoms with van der Waals surface area (Å²) in [6.45, 7) is 5.25. The molecule has 2 fully saturated rings. The lowest BCUT2D eigenvalue weighted by Crippen LogP contribution is -2.38. The molecule has 0 spiro atoms. The van der Waals surface area contributed by atoms with Gasteiger partial charge in [-0.2, -0.15) is 0 Å². The first kappa shape index (κ1) is 15.4. The monoisotopic (exact) mass is 306 g/mol. The van der Waals surface area contributed by atoms with E-state index in [0.717, 1.165) is 38.5 Å². The molecule has 0 N–H and O–H groups in total. The third-order valence-electron chi connectivity index (χ3n) is 4.87. The maximum Gasteiger partial charge on any atom is 0.244 e. The van der Waals surface area contributed by atoms with E-state index in [-0.39, 0.29) is 12.5 Å². The number of hydrogen-bond donors (Lipinski definition) is 0. The molecule has 3 rings (SSSR count). The molecule has 2 aliphatic rings. The third-order valence-corrected chi connectivity index (χ3v) is 4.87. The largest absolute Gasteiger partial charge is 0.340 e. The average Bonchev–Trinajstić information content (AvgIpc) is 2.93. The minimum atomic E-state index is 0.117. The van der Waals surface area contributed by atoms with Crippen LogP contribution in [0.25, 0.3) is 0 Å². The highest BCUT2D eigenvalue weighted by atomic mass is 16.2. The van der Waals surface area contributed by atoms with Gasteiger partial charge in [0.25, 0.3) is 0 Å². The minimum absolute atomic E-state index is 0.117. The molecule has 1 aliphatic heterocycles. The first-order chi connectivity index (χ1) is 10.8. The summed E-state index contributed by atoms with van der Waals surface area (Å²) in [4.78, 5) is 16.8. The second-order valence-corrected chi connectivity index (χ2v) is 6.55. The Morgan fingerprint density at radius 1 is 1.05 bits per heavy atom. The van der Waals surface area contributed by atoms with Crippen LogP contribution in [0.2, 0.25) is 0 Å². The Morgan fingerprint density at radius 2 is 1.91 bits per heavy atom. The van der Waals surface area contributed by atoms with Crippen molar-refractivity contribution >= 4 is 5.91 Å². The number of carbonyl (C=O) groups excluding carboxylic acids is 1. The van der Waals surface area contributed by atoms with Crippen LogP contribution in [0.4, 0.5) is 0 Å². The van der Waals surface area contributed by atoms with Crippen LogP contribution in [-0.4, -0.2) is 68.6 Å². The van der Waals surface area contributed by atoms with Gasteiger partial charge in [-0.05, 0) is 42.2 Å². The highest BCUT2D eigenvalue weighted by Gasteiger charge is 2.22. The van der Waals surface area contributed by atoms with E-state index < -0.39 is 0 Å². The Morgan fingerprint density at radius 3 is 2.68 bits per heavy atom. The Bertz CT molecular complexity index is 457. The average molecular weight is 306 g/mol. The van der Waals surface area contributed by atoms with Gasteiger partial charge in [-0.3, -0.25) is 4.79 Å². The number of tetrazole rings is 1. The van der Waals surface area contributed by atoms with Crippen molar-refractivity contribution in [1.29, 1.82) is 0 Å². The van der Waals surface area contributed by atoms with E-state index in [0.29, 0.717) is 0 Å². The molecule has 0 aromatic carbocycles. The molecule has 122 valence electrons. The Kier molecular flexibility index (Phi) is 5.37. The van der Waals surface area contributed by atoms with E-state index in [1.807, 2.05) is 4.90 Å². The van der Waals surface area contributed by atoms with Crippen LogP contribution >= 0.6 is 0 Å². The lowest BCUT2D eigenvalue weighted by molar-refractivity contribution is -0.131. The molecule has 2 heterocycles. The quantitative estimate of drug-likeness (QED) is 0.822. The SMILES string of the molecule is O=C(Cn1cnnn1)N1CCCN(CC2CCCCC2)CC1. The lowest BCUT2D eigenvalue weighted by Gasteiger charge is -2.28. The van der Waals surface area contributed by atoms with Crippen molar-refractivity contribution in [3.8, 4) is 0 Å². The summed E-state index contributed by atoms with van der Waals surface area (Å²) in [5.74, 6) is 0.990. The first-order valence-electron chi connectivity index (χ1n) is 8.52. The summed E-state index contributed by atoms with van der Waals surface area (Å²) >= 11 is 0. The maximum absolute atomic E-state index is 12.3. The van der Waals surface area contributed by atoms with Crippen LogP contribution in [0.15, 0.2) is 6.33 Å². The van der Waals surface area contributed by atoms with Crippen LogP contribution in [0.1, 0.15) is 38.5 Å². The Balaban J connectivity index is 1.45. The van der Waals surface area contributed by atoms with Crippen LogP contribution in [0.5, 0.6) is 0 Å². The number of amides is 1. The molecule has 1 aromatic heterocycles. The van der Waals surface area contributed by atoms with Gasteiger partial charge < -0.3 is 9.80 Å². The van der Waals surface area contributed by atoms with Crippen molar-refractivity contribution in [3.05, 3.63) is 6.33 Å². The van der Waals surface area contributed by atoms with Gasteiger partial charge in [0.15, 0.2) is 0 Å². The van der Waals surface area contributed by atoms with Gasteiger partial charge in [0.05, 0.1) is 0 Å². The molecular formula is C15H26N6O. The normalized spacial score (nSPS) is 21.7. The van der Waals surface area contributed by atoms with E-state index >= 15 is 0 Å². The summed E-state index contributed by atoms with van der Waals surface area (Å²) in [5, 5.41) is 10.9. The highest BCUT2D eigenvalue weighted by molar-refractivity contribution is 5.75. The Labute approximate surface area is 131 Å². The number of nitrogens with zero attached hydrogens (tertiary/aromatic N) is 6. The molecule has 0 bridgehead atoms. The van der Waals surface area contributed by atoms with Crippen LogP contribution in [0.3, 0.4) is 0 Å². The number of hydrogen-bond acceptors (Lipinski definition) is 5. The smallest absolute Gasteiger partial charge is 0.244 e. The fourth-order valence-corrected chi connectivity index (χ4v) is 3.63. The van der Waals surface area contributed by atoms with Crippen molar-refractivity contribution in [2.75, 3.05) is 32.7 Å². The van der Waals surface area contributed by atoms with E-state index in [9.17, 15) is 4.79 Å². The molecular weight excluding hydrogens is 280 g/mol. The van der Waals surface area contributed by atoms with Crippen LogP contribution in [-0.2, 0) is 11.3 Å². The molecule has 0 atom stereocenters. The van der Waals surface area contributed by atoms with Gasteiger partial charge in [0.1, 0.15) is 12.9 Å². The molecule has 1 saturated heterocycles. The summed E-state index contributed by atoms with van der Waals surface area (Å²) in [5.41, 5.74) is 0. The summed E-state index contributed by atoms with van der Waals surface area (Å²) in [6, 6.07) is 0. The molecule has 1 amide bonds. The molecule has 0 radical (unpaired) electrons. The predicted molar refractivity (Wildman–Crippen MR) is 82.0 cm³/mol. The molecule has 22 heavy (non-hydrogen) atoms. The molecule has 7 nitrogen and oxygen atoms in total. The summed E-state index contributed by atoms with van der Waals surface area (Å²) < 4.78 is 1.49. The molecule has 1 saturated carbocycles. The van der Waals surface area contributed by atoms with Crippen molar-refractivity contribution < 1.29 is 4.79 Å². The maximum atomic E-state index is 12.3. The zero-order valence-electron chi connectivity index (χ0n) is 13.2. The van der Waals surface area contributed by atoms with Crippen LogP contribution < -0.4 is 0 Å². The summed E-state index contributed by atoms with van der Waals surface area (Å²) in [7, 11) is 0. The fraction of sp³-hybridized carbons (Fsp3) is 0.867. The predicted octanol–water partition coefficient (Wildman–Crippen LogP) is 0.788. The minimum Gasteiger partial charge on any atom is -0.340 e. The fourth-order valence-electron chi connectivity index (χ4n) is 3.63. The van der Waals surface area contributed by atoms with Gasteiger partial charge in [-0.25, -0.2) is 4.68 Å². The third kappa shape index (κ3) is 4.25. The lowest BCUT2D eigenvalue weighted by atomic mass is 9.89. The van der Waals surface area contributed by atoms with Crippen molar-refractivity contribution in [2.24, 2.45) is 5.92 Å². The number of carbonyl (C=O) groups is 1. The van der Waals surface area contributed by atoms with Gasteiger partial charge >= 0.3 is 0 Å². The molecule has 7 heteroatoms.